The van der Waals surface area contributed by atoms with E-state index in [-0.39, 0.29) is 19.1 Å². The SMILES string of the molecule is O=C(NCC1(O)CCOC1)c1coc(Br)c1. The van der Waals surface area contributed by atoms with E-state index in [0.717, 1.165) is 0 Å². The van der Waals surface area contributed by atoms with E-state index in [1.54, 1.807) is 6.07 Å². The molecule has 1 amide bonds. The molecule has 1 aromatic heterocycles. The van der Waals surface area contributed by atoms with E-state index in [0.29, 0.717) is 23.3 Å². The molecule has 1 aromatic rings. The summed E-state index contributed by atoms with van der Waals surface area (Å²) in [6, 6.07) is 1.57. The number of amides is 1. The van der Waals surface area contributed by atoms with Gasteiger partial charge in [0.05, 0.1) is 12.2 Å². The van der Waals surface area contributed by atoms with Crippen LogP contribution in [0.5, 0.6) is 0 Å². The van der Waals surface area contributed by atoms with E-state index < -0.39 is 5.60 Å². The zero-order valence-corrected chi connectivity index (χ0v) is 10.1. The van der Waals surface area contributed by atoms with Gasteiger partial charge in [0.1, 0.15) is 11.9 Å². The van der Waals surface area contributed by atoms with Crippen molar-refractivity contribution < 1.29 is 19.1 Å². The van der Waals surface area contributed by atoms with Crippen LogP contribution in [0.2, 0.25) is 0 Å². The Balaban J connectivity index is 1.88. The predicted octanol–water partition coefficient (Wildman–Crippen LogP) is 0.923. The molecule has 0 aliphatic carbocycles. The van der Waals surface area contributed by atoms with Crippen LogP contribution in [0.3, 0.4) is 0 Å². The second-order valence-electron chi connectivity index (χ2n) is 3.85. The van der Waals surface area contributed by atoms with Gasteiger partial charge >= 0.3 is 0 Å². The summed E-state index contributed by atoms with van der Waals surface area (Å²) in [6.45, 7) is 0.987. The lowest BCUT2D eigenvalue weighted by molar-refractivity contribution is 0.0264. The molecule has 0 aromatic carbocycles. The van der Waals surface area contributed by atoms with Crippen molar-refractivity contribution in [3.05, 3.63) is 22.6 Å². The van der Waals surface area contributed by atoms with Crippen LogP contribution in [0, 0.1) is 0 Å². The fraction of sp³-hybridized carbons (Fsp3) is 0.500. The summed E-state index contributed by atoms with van der Waals surface area (Å²) in [5.41, 5.74) is -0.509. The Bertz CT molecular complexity index is 384. The van der Waals surface area contributed by atoms with Gasteiger partial charge in [-0.2, -0.15) is 0 Å². The molecule has 1 fully saturated rings. The van der Waals surface area contributed by atoms with E-state index in [9.17, 15) is 9.90 Å². The van der Waals surface area contributed by atoms with Crippen molar-refractivity contribution in [2.45, 2.75) is 12.0 Å². The summed E-state index contributed by atoms with van der Waals surface area (Å²) < 4.78 is 10.5. The normalized spacial score (nSPS) is 24.6. The first kappa shape index (κ1) is 11.6. The fourth-order valence-corrected chi connectivity index (χ4v) is 1.85. The van der Waals surface area contributed by atoms with Gasteiger partial charge in [0, 0.05) is 25.6 Å². The summed E-state index contributed by atoms with van der Waals surface area (Å²) >= 11 is 3.11. The summed E-state index contributed by atoms with van der Waals surface area (Å²) in [4.78, 5) is 11.6. The van der Waals surface area contributed by atoms with E-state index in [1.807, 2.05) is 0 Å². The topological polar surface area (TPSA) is 71.7 Å². The van der Waals surface area contributed by atoms with Gasteiger partial charge in [-0.3, -0.25) is 4.79 Å². The lowest BCUT2D eigenvalue weighted by atomic mass is 10.0. The summed E-state index contributed by atoms with van der Waals surface area (Å²) in [7, 11) is 0. The Kier molecular flexibility index (Phi) is 3.32. The molecular formula is C10H12BrNO4. The number of ether oxygens (including phenoxy) is 1. The standard InChI is InChI=1S/C10H12BrNO4/c11-8-3-7(4-16-8)9(13)12-5-10(14)1-2-15-6-10/h3-4,14H,1-2,5-6H2,(H,12,13). The highest BCUT2D eigenvalue weighted by Crippen LogP contribution is 2.18. The third-order valence-electron chi connectivity index (χ3n) is 2.49. The molecule has 16 heavy (non-hydrogen) atoms. The Morgan fingerprint density at radius 3 is 3.06 bits per heavy atom. The van der Waals surface area contributed by atoms with Gasteiger partial charge < -0.3 is 19.6 Å². The molecule has 6 heteroatoms. The maximum Gasteiger partial charge on any atom is 0.254 e. The van der Waals surface area contributed by atoms with E-state index in [2.05, 4.69) is 21.2 Å². The van der Waals surface area contributed by atoms with Gasteiger partial charge in [-0.15, -0.1) is 0 Å². The largest absolute Gasteiger partial charge is 0.457 e. The third kappa shape index (κ3) is 2.63. The number of carbonyl (C=O) groups excluding carboxylic acids is 1. The molecule has 5 nitrogen and oxygen atoms in total. The summed E-state index contributed by atoms with van der Waals surface area (Å²) in [5.74, 6) is -0.269. The number of halogens is 1. The van der Waals surface area contributed by atoms with Gasteiger partial charge in [-0.1, -0.05) is 0 Å². The second kappa shape index (κ2) is 4.57. The van der Waals surface area contributed by atoms with Crippen LogP contribution < -0.4 is 5.32 Å². The quantitative estimate of drug-likeness (QED) is 0.868. The first-order valence-electron chi connectivity index (χ1n) is 4.91. The van der Waals surface area contributed by atoms with Crippen LogP contribution in [0.25, 0.3) is 0 Å². The number of aliphatic hydroxyl groups is 1. The molecular weight excluding hydrogens is 278 g/mol. The van der Waals surface area contributed by atoms with Crippen LogP contribution in [0.1, 0.15) is 16.8 Å². The van der Waals surface area contributed by atoms with Gasteiger partial charge in [0.15, 0.2) is 4.67 Å². The van der Waals surface area contributed by atoms with Crippen molar-refractivity contribution in [2.24, 2.45) is 0 Å². The van der Waals surface area contributed by atoms with Crippen molar-refractivity contribution in [1.82, 2.24) is 5.32 Å². The van der Waals surface area contributed by atoms with E-state index in [1.165, 1.54) is 6.26 Å². The van der Waals surface area contributed by atoms with Gasteiger partial charge in [-0.05, 0) is 15.9 Å². The molecule has 1 atom stereocenters. The van der Waals surface area contributed by atoms with Crippen molar-refractivity contribution >= 4 is 21.8 Å². The Morgan fingerprint density at radius 1 is 1.69 bits per heavy atom. The van der Waals surface area contributed by atoms with Crippen molar-refractivity contribution in [2.75, 3.05) is 19.8 Å². The van der Waals surface area contributed by atoms with Crippen molar-refractivity contribution in [3.8, 4) is 0 Å². The molecule has 1 unspecified atom stereocenters. The van der Waals surface area contributed by atoms with E-state index >= 15 is 0 Å². The molecule has 0 radical (unpaired) electrons. The number of rotatable bonds is 3. The summed E-state index contributed by atoms with van der Waals surface area (Å²) in [5, 5.41) is 12.6. The first-order chi connectivity index (χ1) is 7.59. The lowest BCUT2D eigenvalue weighted by Gasteiger charge is -2.20. The van der Waals surface area contributed by atoms with Crippen LogP contribution in [-0.4, -0.2) is 36.4 Å². The minimum Gasteiger partial charge on any atom is -0.457 e. The summed E-state index contributed by atoms with van der Waals surface area (Å²) in [6.07, 6.45) is 1.90. The molecule has 0 saturated carbocycles. The molecule has 1 aliphatic rings. The maximum absolute atomic E-state index is 11.6. The van der Waals surface area contributed by atoms with Gasteiger partial charge in [0.25, 0.3) is 5.91 Å². The van der Waals surface area contributed by atoms with E-state index in [4.69, 9.17) is 9.15 Å². The highest BCUT2D eigenvalue weighted by molar-refractivity contribution is 9.10. The highest BCUT2D eigenvalue weighted by atomic mass is 79.9. The number of furan rings is 1. The molecule has 88 valence electrons. The second-order valence-corrected chi connectivity index (χ2v) is 4.63. The monoisotopic (exact) mass is 289 g/mol. The number of nitrogens with one attached hydrogen (secondary N) is 1. The average molecular weight is 290 g/mol. The predicted molar refractivity (Wildman–Crippen MR) is 59.1 cm³/mol. The Hall–Kier alpha value is -0.850. The van der Waals surface area contributed by atoms with Crippen LogP contribution in [0.4, 0.5) is 0 Å². The molecule has 0 spiro atoms. The zero-order chi connectivity index (χ0) is 11.6. The maximum atomic E-state index is 11.6. The number of hydrogen-bond donors (Lipinski definition) is 2. The van der Waals surface area contributed by atoms with Crippen molar-refractivity contribution in [1.29, 1.82) is 0 Å². The third-order valence-corrected chi connectivity index (χ3v) is 2.91. The van der Waals surface area contributed by atoms with Crippen molar-refractivity contribution in [3.63, 3.8) is 0 Å². The lowest BCUT2D eigenvalue weighted by Crippen LogP contribution is -2.43. The minimum atomic E-state index is -0.934. The first-order valence-corrected chi connectivity index (χ1v) is 5.71. The molecule has 1 saturated heterocycles. The van der Waals surface area contributed by atoms with Crippen LogP contribution in [-0.2, 0) is 4.74 Å². The molecule has 0 bridgehead atoms. The minimum absolute atomic E-state index is 0.189. The van der Waals surface area contributed by atoms with Crippen LogP contribution in [0.15, 0.2) is 21.4 Å². The molecule has 1 aliphatic heterocycles. The van der Waals surface area contributed by atoms with Crippen LogP contribution >= 0.6 is 15.9 Å². The molecule has 2 N–H and O–H groups in total. The Labute approximate surface area is 101 Å². The fourth-order valence-electron chi connectivity index (χ4n) is 1.51. The van der Waals surface area contributed by atoms with Gasteiger partial charge in [0.2, 0.25) is 0 Å². The number of carbonyl (C=O) groups is 1. The zero-order valence-electron chi connectivity index (χ0n) is 8.53. The molecule has 2 heterocycles. The smallest absolute Gasteiger partial charge is 0.254 e. The Morgan fingerprint density at radius 2 is 2.50 bits per heavy atom. The average Bonchev–Trinajstić information content (AvgIpc) is 2.85. The highest BCUT2D eigenvalue weighted by Gasteiger charge is 2.32. The number of hydrogen-bond acceptors (Lipinski definition) is 4. The molecule has 2 rings (SSSR count). The van der Waals surface area contributed by atoms with Gasteiger partial charge in [-0.25, -0.2) is 0 Å².